The number of ether oxygens (including phenoxy) is 2. The predicted octanol–water partition coefficient (Wildman–Crippen LogP) is 4.93. The molecular weight excluding hydrogens is 414 g/mol. The van der Waals surface area contributed by atoms with Crippen LogP contribution in [0.4, 0.5) is 11.6 Å². The largest absolute Gasteiger partial charge is 0.491 e. The van der Waals surface area contributed by atoms with Crippen molar-refractivity contribution in [3.8, 4) is 5.75 Å². The molecule has 0 radical (unpaired) electrons. The lowest BCUT2D eigenvalue weighted by molar-refractivity contribution is 0.174. The normalized spacial score (nSPS) is 16.7. The van der Waals surface area contributed by atoms with Gasteiger partial charge in [-0.3, -0.25) is 9.88 Å². The molecule has 7 heteroatoms. The summed E-state index contributed by atoms with van der Waals surface area (Å²) >= 11 is 0. The molecule has 0 unspecified atom stereocenters. The van der Waals surface area contributed by atoms with Gasteiger partial charge < -0.3 is 14.8 Å². The summed E-state index contributed by atoms with van der Waals surface area (Å²) in [7, 11) is 1.72. The fraction of sp³-hybridized carbons (Fsp3) is 0.423. The van der Waals surface area contributed by atoms with E-state index in [4.69, 9.17) is 14.5 Å². The zero-order valence-electron chi connectivity index (χ0n) is 19.7. The van der Waals surface area contributed by atoms with Gasteiger partial charge in [-0.25, -0.2) is 9.97 Å². The summed E-state index contributed by atoms with van der Waals surface area (Å²) in [4.78, 5) is 15.8. The molecule has 0 amide bonds. The van der Waals surface area contributed by atoms with Gasteiger partial charge in [0.05, 0.1) is 18.9 Å². The van der Waals surface area contributed by atoms with Crippen LogP contribution in [0.1, 0.15) is 49.4 Å². The zero-order valence-corrected chi connectivity index (χ0v) is 19.7. The number of hydrogen-bond acceptors (Lipinski definition) is 7. The Kier molecular flexibility index (Phi) is 7.86. The maximum Gasteiger partial charge on any atom is 0.150 e. The molecule has 1 fully saturated rings. The predicted molar refractivity (Wildman–Crippen MR) is 130 cm³/mol. The van der Waals surface area contributed by atoms with Gasteiger partial charge in [-0.15, -0.1) is 0 Å². The number of hydrogen-bond donors (Lipinski definition) is 1. The molecule has 1 saturated heterocycles. The lowest BCUT2D eigenvalue weighted by Crippen LogP contribution is -2.34. The molecule has 7 nitrogen and oxygen atoms in total. The number of pyridine rings is 1. The van der Waals surface area contributed by atoms with Gasteiger partial charge in [0, 0.05) is 49.8 Å². The van der Waals surface area contributed by atoms with Crippen molar-refractivity contribution in [3.63, 3.8) is 0 Å². The summed E-state index contributed by atoms with van der Waals surface area (Å²) in [6.07, 6.45) is 7.48. The van der Waals surface area contributed by atoms with E-state index < -0.39 is 0 Å². The van der Waals surface area contributed by atoms with Crippen LogP contribution in [0.25, 0.3) is 0 Å². The van der Waals surface area contributed by atoms with E-state index in [-0.39, 0.29) is 6.10 Å². The molecule has 2 aromatic heterocycles. The minimum Gasteiger partial charge on any atom is -0.491 e. The second kappa shape index (κ2) is 11.2. The van der Waals surface area contributed by atoms with Gasteiger partial charge in [0.1, 0.15) is 17.4 Å². The van der Waals surface area contributed by atoms with Gasteiger partial charge in [0.2, 0.25) is 0 Å². The first-order valence-electron chi connectivity index (χ1n) is 11.6. The lowest BCUT2D eigenvalue weighted by atomic mass is 9.94. The summed E-state index contributed by atoms with van der Waals surface area (Å²) in [5.41, 5.74) is 3.50. The highest BCUT2D eigenvalue weighted by molar-refractivity contribution is 5.50. The average Bonchev–Trinajstić information content (AvgIpc) is 2.82. The first kappa shape index (κ1) is 23.1. The molecule has 174 valence electrons. The quantitative estimate of drug-likeness (QED) is 0.499. The van der Waals surface area contributed by atoms with E-state index in [1.165, 1.54) is 5.56 Å². The standard InChI is InChI=1S/C26H33N5O2/c1-19(2)33-24-10-9-20(14-22(24)18-32-3)16-31-13-5-6-21(17-31)23-7-4-8-25(29-23)30-26-15-27-11-12-28-26/h4,7-12,14-15,19,21H,5-6,13,16-18H2,1-3H3,(H,28,29,30)/t21-/m1/s1. The molecule has 33 heavy (non-hydrogen) atoms. The Labute approximate surface area is 196 Å². The average molecular weight is 448 g/mol. The van der Waals surface area contributed by atoms with Gasteiger partial charge in [0.25, 0.3) is 0 Å². The first-order chi connectivity index (χ1) is 16.1. The van der Waals surface area contributed by atoms with Crippen molar-refractivity contribution in [2.45, 2.75) is 51.9 Å². The SMILES string of the molecule is COCc1cc(CN2CCC[C@@H](c3cccc(Nc4cnccn4)n3)C2)ccc1OC(C)C. The zero-order chi connectivity index (χ0) is 23.0. The van der Waals surface area contributed by atoms with Gasteiger partial charge in [-0.1, -0.05) is 12.1 Å². The van der Waals surface area contributed by atoms with E-state index in [1.54, 1.807) is 25.7 Å². The summed E-state index contributed by atoms with van der Waals surface area (Å²) < 4.78 is 11.4. The number of piperidine rings is 1. The third-order valence-corrected chi connectivity index (χ3v) is 5.71. The highest BCUT2D eigenvalue weighted by Gasteiger charge is 2.23. The number of aromatic nitrogens is 3. The molecule has 1 aromatic carbocycles. The lowest BCUT2D eigenvalue weighted by Gasteiger charge is -2.32. The molecule has 3 heterocycles. The van der Waals surface area contributed by atoms with Crippen LogP contribution in [0.3, 0.4) is 0 Å². The van der Waals surface area contributed by atoms with Crippen molar-refractivity contribution in [1.29, 1.82) is 0 Å². The fourth-order valence-electron chi connectivity index (χ4n) is 4.31. The Balaban J connectivity index is 1.43. The van der Waals surface area contributed by atoms with E-state index in [9.17, 15) is 0 Å². The third-order valence-electron chi connectivity index (χ3n) is 5.71. The second-order valence-corrected chi connectivity index (χ2v) is 8.78. The Bertz CT molecular complexity index is 1030. The molecule has 0 bridgehead atoms. The number of anilines is 2. The number of likely N-dealkylation sites (tertiary alicyclic amines) is 1. The number of benzene rings is 1. The second-order valence-electron chi connectivity index (χ2n) is 8.78. The van der Waals surface area contributed by atoms with Crippen LogP contribution in [0.15, 0.2) is 55.0 Å². The Morgan fingerprint density at radius 1 is 1.15 bits per heavy atom. The molecule has 1 aliphatic rings. The molecule has 3 aromatic rings. The first-order valence-corrected chi connectivity index (χ1v) is 11.6. The van der Waals surface area contributed by atoms with E-state index in [0.29, 0.717) is 18.3 Å². The molecule has 1 N–H and O–H groups in total. The maximum absolute atomic E-state index is 5.96. The summed E-state index contributed by atoms with van der Waals surface area (Å²) in [6.45, 7) is 7.64. The van der Waals surface area contributed by atoms with Crippen LogP contribution >= 0.6 is 0 Å². The topological polar surface area (TPSA) is 72.4 Å². The summed E-state index contributed by atoms with van der Waals surface area (Å²) in [6, 6.07) is 12.6. The van der Waals surface area contributed by atoms with Crippen LogP contribution in [0, 0.1) is 0 Å². The number of nitrogens with zero attached hydrogens (tertiary/aromatic N) is 4. The van der Waals surface area contributed by atoms with Gasteiger partial charge >= 0.3 is 0 Å². The van der Waals surface area contributed by atoms with Crippen LogP contribution in [0.5, 0.6) is 5.75 Å². The van der Waals surface area contributed by atoms with Gasteiger partial charge in [-0.2, -0.15) is 0 Å². The maximum atomic E-state index is 5.96. The molecule has 1 aliphatic heterocycles. The summed E-state index contributed by atoms with van der Waals surface area (Å²) in [5.74, 6) is 2.81. The number of rotatable bonds is 9. The smallest absolute Gasteiger partial charge is 0.150 e. The van der Waals surface area contributed by atoms with E-state index in [2.05, 4.69) is 50.5 Å². The van der Waals surface area contributed by atoms with Gasteiger partial charge in [-0.05, 0) is 63.1 Å². The Morgan fingerprint density at radius 3 is 2.85 bits per heavy atom. The fourth-order valence-corrected chi connectivity index (χ4v) is 4.31. The molecule has 0 spiro atoms. The molecule has 4 rings (SSSR count). The van der Waals surface area contributed by atoms with Crippen LogP contribution in [-0.2, 0) is 17.9 Å². The molecular formula is C26H33N5O2. The Hall–Kier alpha value is -3.03. The number of methoxy groups -OCH3 is 1. The summed E-state index contributed by atoms with van der Waals surface area (Å²) in [5, 5.41) is 3.25. The monoisotopic (exact) mass is 447 g/mol. The van der Waals surface area contributed by atoms with E-state index >= 15 is 0 Å². The molecule has 0 aliphatic carbocycles. The van der Waals surface area contributed by atoms with Crippen molar-refractivity contribution >= 4 is 11.6 Å². The van der Waals surface area contributed by atoms with Crippen molar-refractivity contribution in [2.24, 2.45) is 0 Å². The minimum atomic E-state index is 0.140. The van der Waals surface area contributed by atoms with Crippen LogP contribution in [-0.4, -0.2) is 46.2 Å². The van der Waals surface area contributed by atoms with Gasteiger partial charge in [0.15, 0.2) is 0 Å². The minimum absolute atomic E-state index is 0.140. The Morgan fingerprint density at radius 2 is 2.06 bits per heavy atom. The van der Waals surface area contributed by atoms with Crippen molar-refractivity contribution in [1.82, 2.24) is 19.9 Å². The van der Waals surface area contributed by atoms with Crippen LogP contribution in [0.2, 0.25) is 0 Å². The van der Waals surface area contributed by atoms with E-state index in [0.717, 1.165) is 55.3 Å². The molecule has 1 atom stereocenters. The van der Waals surface area contributed by atoms with E-state index in [1.807, 2.05) is 19.9 Å². The molecule has 0 saturated carbocycles. The highest BCUT2D eigenvalue weighted by Crippen LogP contribution is 2.29. The third kappa shape index (κ3) is 6.49. The van der Waals surface area contributed by atoms with Crippen molar-refractivity contribution in [3.05, 3.63) is 71.8 Å². The van der Waals surface area contributed by atoms with Crippen LogP contribution < -0.4 is 10.1 Å². The van der Waals surface area contributed by atoms with Crippen molar-refractivity contribution < 1.29 is 9.47 Å². The van der Waals surface area contributed by atoms with Crippen molar-refractivity contribution in [2.75, 3.05) is 25.5 Å². The highest BCUT2D eigenvalue weighted by atomic mass is 16.5. The number of nitrogens with one attached hydrogen (secondary N) is 1.